The van der Waals surface area contributed by atoms with Crippen molar-refractivity contribution in [3.63, 3.8) is 0 Å². The minimum Gasteiger partial charge on any atom is -0.493 e. The normalized spacial score (nSPS) is 19.8. The van der Waals surface area contributed by atoms with Gasteiger partial charge in [-0.2, -0.15) is 4.98 Å². The predicted molar refractivity (Wildman–Crippen MR) is 116 cm³/mol. The molecular weight excluding hydrogens is 394 g/mol. The number of aromatic nitrogens is 2. The van der Waals surface area contributed by atoms with Gasteiger partial charge in [0.1, 0.15) is 10.6 Å². The van der Waals surface area contributed by atoms with Gasteiger partial charge in [-0.3, -0.25) is 0 Å². The molecule has 0 aliphatic carbocycles. The largest absolute Gasteiger partial charge is 0.493 e. The molecule has 1 fully saturated rings. The standard InChI is InChI=1S/C21H24ClN3O2S/c1-12-7-13(2)10-25(9-12)19-18-15(11-28-20(18)24-21(22)23-19)14-5-6-16(26-3)17(8-14)27-4/h5-6,8,11-13H,7,9-10H2,1-4H3. The van der Waals surface area contributed by atoms with Gasteiger partial charge in [0.25, 0.3) is 0 Å². The highest BCUT2D eigenvalue weighted by Gasteiger charge is 2.26. The third-order valence-corrected chi connectivity index (χ3v) is 6.29. The Labute approximate surface area is 174 Å². The summed E-state index contributed by atoms with van der Waals surface area (Å²) >= 11 is 7.87. The van der Waals surface area contributed by atoms with Crippen molar-refractivity contribution in [1.29, 1.82) is 0 Å². The van der Waals surface area contributed by atoms with Crippen LogP contribution in [0, 0.1) is 11.8 Å². The zero-order valence-electron chi connectivity index (χ0n) is 16.5. The van der Waals surface area contributed by atoms with E-state index in [0.717, 1.165) is 40.3 Å². The van der Waals surface area contributed by atoms with E-state index in [4.69, 9.17) is 21.1 Å². The maximum absolute atomic E-state index is 6.28. The van der Waals surface area contributed by atoms with Gasteiger partial charge in [-0.15, -0.1) is 11.3 Å². The molecule has 1 aliphatic rings. The summed E-state index contributed by atoms with van der Waals surface area (Å²) in [6.07, 6.45) is 1.24. The van der Waals surface area contributed by atoms with Crippen molar-refractivity contribution in [1.82, 2.24) is 9.97 Å². The van der Waals surface area contributed by atoms with E-state index < -0.39 is 0 Å². The van der Waals surface area contributed by atoms with Gasteiger partial charge in [0, 0.05) is 24.0 Å². The van der Waals surface area contributed by atoms with E-state index in [1.165, 1.54) is 6.42 Å². The highest BCUT2D eigenvalue weighted by atomic mass is 35.5. The topological polar surface area (TPSA) is 47.5 Å². The number of thiophene rings is 1. The van der Waals surface area contributed by atoms with Crippen LogP contribution in [0.3, 0.4) is 0 Å². The van der Waals surface area contributed by atoms with Gasteiger partial charge >= 0.3 is 0 Å². The molecule has 148 valence electrons. The number of nitrogens with zero attached hydrogens (tertiary/aromatic N) is 3. The molecule has 0 radical (unpaired) electrons. The number of benzene rings is 1. The van der Waals surface area contributed by atoms with Crippen LogP contribution < -0.4 is 14.4 Å². The van der Waals surface area contributed by atoms with E-state index in [1.807, 2.05) is 18.2 Å². The van der Waals surface area contributed by atoms with Crippen molar-refractivity contribution in [2.75, 3.05) is 32.2 Å². The molecule has 1 aromatic carbocycles. The third-order valence-electron chi connectivity index (χ3n) is 5.25. The van der Waals surface area contributed by atoms with Crippen LogP contribution in [0.1, 0.15) is 20.3 Å². The summed E-state index contributed by atoms with van der Waals surface area (Å²) in [7, 11) is 3.29. The zero-order valence-corrected chi connectivity index (χ0v) is 18.1. The van der Waals surface area contributed by atoms with E-state index in [1.54, 1.807) is 25.6 Å². The quantitative estimate of drug-likeness (QED) is 0.523. The number of hydrogen-bond donors (Lipinski definition) is 0. The molecular formula is C21H24ClN3O2S. The number of ether oxygens (including phenoxy) is 2. The van der Waals surface area contributed by atoms with Crippen LogP contribution in [-0.4, -0.2) is 37.3 Å². The van der Waals surface area contributed by atoms with E-state index in [9.17, 15) is 0 Å². The van der Waals surface area contributed by atoms with Crippen LogP contribution in [0.4, 0.5) is 5.82 Å². The predicted octanol–water partition coefficient (Wildman–Crippen LogP) is 5.51. The molecule has 28 heavy (non-hydrogen) atoms. The lowest BCUT2D eigenvalue weighted by atomic mass is 9.91. The van der Waals surface area contributed by atoms with Gasteiger partial charge in [-0.05, 0) is 47.6 Å². The Morgan fingerprint density at radius 1 is 1.07 bits per heavy atom. The lowest BCUT2D eigenvalue weighted by molar-refractivity contribution is 0.355. The first-order chi connectivity index (χ1) is 13.5. The summed E-state index contributed by atoms with van der Waals surface area (Å²) in [4.78, 5) is 12.4. The summed E-state index contributed by atoms with van der Waals surface area (Å²) in [5.74, 6) is 3.59. The van der Waals surface area contributed by atoms with E-state index in [2.05, 4.69) is 34.1 Å². The number of halogens is 1. The molecule has 0 spiro atoms. The summed E-state index contributed by atoms with van der Waals surface area (Å²) in [6.45, 7) is 6.55. The summed E-state index contributed by atoms with van der Waals surface area (Å²) in [5.41, 5.74) is 2.15. The van der Waals surface area contributed by atoms with Gasteiger partial charge < -0.3 is 14.4 Å². The van der Waals surface area contributed by atoms with Crippen LogP contribution in [0.25, 0.3) is 21.3 Å². The first kappa shape index (κ1) is 19.3. The van der Waals surface area contributed by atoms with Crippen LogP contribution in [0.2, 0.25) is 5.28 Å². The Hall–Kier alpha value is -2.05. The molecule has 3 heterocycles. The molecule has 2 aromatic heterocycles. The lowest BCUT2D eigenvalue weighted by Crippen LogP contribution is -2.39. The number of fused-ring (bicyclic) bond motifs is 1. The van der Waals surface area contributed by atoms with Gasteiger partial charge in [0.05, 0.1) is 19.6 Å². The minimum atomic E-state index is 0.300. The smallest absolute Gasteiger partial charge is 0.225 e. The van der Waals surface area contributed by atoms with Crippen molar-refractivity contribution in [3.05, 3.63) is 28.9 Å². The number of rotatable bonds is 4. The van der Waals surface area contributed by atoms with Crippen molar-refractivity contribution in [3.8, 4) is 22.6 Å². The van der Waals surface area contributed by atoms with E-state index >= 15 is 0 Å². The Kier molecular flexibility index (Phi) is 5.34. The molecule has 0 saturated carbocycles. The third kappa shape index (κ3) is 3.51. The Morgan fingerprint density at radius 2 is 1.79 bits per heavy atom. The Morgan fingerprint density at radius 3 is 2.46 bits per heavy atom. The Balaban J connectivity index is 1.87. The second kappa shape index (κ2) is 7.76. The molecule has 0 amide bonds. The molecule has 4 rings (SSSR count). The van der Waals surface area contributed by atoms with Crippen molar-refractivity contribution >= 4 is 39.0 Å². The minimum absolute atomic E-state index is 0.300. The van der Waals surface area contributed by atoms with Gasteiger partial charge in [0.2, 0.25) is 5.28 Å². The Bertz CT molecular complexity index is 997. The maximum Gasteiger partial charge on any atom is 0.225 e. The zero-order chi connectivity index (χ0) is 19.8. The fourth-order valence-electron chi connectivity index (χ4n) is 4.18. The first-order valence-corrected chi connectivity index (χ1v) is 10.7. The monoisotopic (exact) mass is 417 g/mol. The van der Waals surface area contributed by atoms with Gasteiger partial charge in [0.15, 0.2) is 11.5 Å². The summed E-state index contributed by atoms with van der Waals surface area (Å²) < 4.78 is 10.9. The summed E-state index contributed by atoms with van der Waals surface area (Å²) in [6, 6.07) is 5.97. The highest BCUT2D eigenvalue weighted by Crippen LogP contribution is 2.42. The fraction of sp³-hybridized carbons (Fsp3) is 0.429. The molecule has 3 aromatic rings. The number of methoxy groups -OCH3 is 2. The van der Waals surface area contributed by atoms with Crippen molar-refractivity contribution < 1.29 is 9.47 Å². The van der Waals surface area contributed by atoms with Gasteiger partial charge in [-0.1, -0.05) is 19.9 Å². The van der Waals surface area contributed by atoms with Crippen LogP contribution in [0.15, 0.2) is 23.6 Å². The molecule has 0 bridgehead atoms. The van der Waals surface area contributed by atoms with E-state index in [0.29, 0.717) is 28.6 Å². The average Bonchev–Trinajstić information content (AvgIpc) is 3.09. The van der Waals surface area contributed by atoms with Crippen LogP contribution >= 0.6 is 22.9 Å². The second-order valence-corrected chi connectivity index (χ2v) is 8.76. The molecule has 1 aliphatic heterocycles. The fourth-order valence-corrected chi connectivity index (χ4v) is 5.34. The number of hydrogen-bond acceptors (Lipinski definition) is 6. The number of piperidine rings is 1. The highest BCUT2D eigenvalue weighted by molar-refractivity contribution is 7.17. The lowest BCUT2D eigenvalue weighted by Gasteiger charge is -2.36. The maximum atomic E-state index is 6.28. The van der Waals surface area contributed by atoms with Crippen LogP contribution in [-0.2, 0) is 0 Å². The average molecular weight is 418 g/mol. The molecule has 5 nitrogen and oxygen atoms in total. The number of anilines is 1. The van der Waals surface area contributed by atoms with Crippen molar-refractivity contribution in [2.45, 2.75) is 20.3 Å². The molecule has 1 saturated heterocycles. The molecule has 2 atom stereocenters. The van der Waals surface area contributed by atoms with Crippen molar-refractivity contribution in [2.24, 2.45) is 11.8 Å². The van der Waals surface area contributed by atoms with Gasteiger partial charge in [-0.25, -0.2) is 4.98 Å². The van der Waals surface area contributed by atoms with E-state index in [-0.39, 0.29) is 0 Å². The summed E-state index contributed by atoms with van der Waals surface area (Å²) in [5, 5.41) is 3.48. The molecule has 2 unspecified atom stereocenters. The SMILES string of the molecule is COc1ccc(-c2csc3nc(Cl)nc(N4CC(C)CC(C)C4)c23)cc1OC. The van der Waals surface area contributed by atoms with Crippen LogP contribution in [0.5, 0.6) is 11.5 Å². The molecule has 0 N–H and O–H groups in total. The molecule has 7 heteroatoms. The first-order valence-electron chi connectivity index (χ1n) is 9.42. The second-order valence-electron chi connectivity index (χ2n) is 7.57.